The predicted octanol–water partition coefficient (Wildman–Crippen LogP) is 3.58. The zero-order valence-electron chi connectivity index (χ0n) is 15.9. The van der Waals surface area contributed by atoms with Crippen LogP contribution in [-0.2, 0) is 10.0 Å². The van der Waals surface area contributed by atoms with Crippen LogP contribution in [0.4, 0.5) is 21.9 Å². The van der Waals surface area contributed by atoms with Crippen LogP contribution in [0.2, 0.25) is 0 Å². The number of benzene rings is 3. The van der Waals surface area contributed by atoms with E-state index in [1.54, 1.807) is 42.5 Å². The van der Waals surface area contributed by atoms with Crippen molar-refractivity contribution < 1.29 is 17.9 Å². The van der Waals surface area contributed by atoms with Gasteiger partial charge in [-0.25, -0.2) is 13.2 Å². The summed E-state index contributed by atoms with van der Waals surface area (Å²) in [6.07, 6.45) is 0. The number of methoxy groups -OCH3 is 1. The van der Waals surface area contributed by atoms with Crippen molar-refractivity contribution in [2.45, 2.75) is 4.90 Å². The third kappa shape index (κ3) is 4.19. The largest absolute Gasteiger partial charge is 0.495 e. The molecule has 9 heteroatoms. The van der Waals surface area contributed by atoms with Crippen LogP contribution in [0.1, 0.15) is 5.56 Å². The van der Waals surface area contributed by atoms with Gasteiger partial charge in [-0.05, 0) is 42.5 Å². The first-order valence-corrected chi connectivity index (χ1v) is 10.2. The van der Waals surface area contributed by atoms with Crippen LogP contribution >= 0.6 is 0 Å². The number of hydrogen-bond acceptors (Lipinski definition) is 5. The maximum absolute atomic E-state index is 12.9. The first kappa shape index (κ1) is 20.7. The van der Waals surface area contributed by atoms with Gasteiger partial charge in [-0.2, -0.15) is 5.26 Å². The van der Waals surface area contributed by atoms with Gasteiger partial charge in [-0.15, -0.1) is 0 Å². The molecule has 8 nitrogen and oxygen atoms in total. The quantitative estimate of drug-likeness (QED) is 0.628. The third-order valence-corrected chi connectivity index (χ3v) is 5.59. The molecule has 30 heavy (non-hydrogen) atoms. The number of nitriles is 1. The number of anilines is 3. The normalized spacial score (nSPS) is 10.7. The van der Waals surface area contributed by atoms with Crippen molar-refractivity contribution in [1.29, 1.82) is 5.26 Å². The molecule has 3 aromatic carbocycles. The van der Waals surface area contributed by atoms with Crippen LogP contribution in [-0.4, -0.2) is 21.6 Å². The number of nitrogens with one attached hydrogen (secondary N) is 1. The van der Waals surface area contributed by atoms with E-state index >= 15 is 0 Å². The molecular formula is C21H18N4O4S. The molecule has 2 amide bonds. The lowest BCUT2D eigenvalue weighted by molar-refractivity contribution is 0.256. The SMILES string of the molecule is COc1ccccc1N(C(N)=O)c1ccc(C#N)cc1NS(=O)(=O)c1ccccc1. The van der Waals surface area contributed by atoms with Gasteiger partial charge in [0.2, 0.25) is 0 Å². The molecule has 0 aromatic heterocycles. The van der Waals surface area contributed by atoms with E-state index in [4.69, 9.17) is 10.5 Å². The minimum absolute atomic E-state index is 0.0163. The van der Waals surface area contributed by atoms with Crippen LogP contribution in [0, 0.1) is 11.3 Å². The second-order valence-corrected chi connectivity index (χ2v) is 7.79. The fourth-order valence-corrected chi connectivity index (χ4v) is 3.95. The maximum Gasteiger partial charge on any atom is 0.324 e. The van der Waals surface area contributed by atoms with E-state index < -0.39 is 16.1 Å². The van der Waals surface area contributed by atoms with E-state index in [1.165, 1.54) is 37.4 Å². The number of carbonyl (C=O) groups excluding carboxylic acids is 1. The van der Waals surface area contributed by atoms with E-state index in [0.717, 1.165) is 4.90 Å². The molecule has 0 bridgehead atoms. The summed E-state index contributed by atoms with van der Waals surface area (Å²) in [6.45, 7) is 0. The van der Waals surface area contributed by atoms with Crippen molar-refractivity contribution in [3.05, 3.63) is 78.4 Å². The molecule has 0 heterocycles. The predicted molar refractivity (Wildman–Crippen MR) is 113 cm³/mol. The summed E-state index contributed by atoms with van der Waals surface area (Å²) >= 11 is 0. The first-order valence-electron chi connectivity index (χ1n) is 8.72. The van der Waals surface area contributed by atoms with Gasteiger partial charge in [0.15, 0.2) is 0 Å². The Bertz CT molecular complexity index is 1220. The number of rotatable bonds is 6. The molecular weight excluding hydrogens is 404 g/mol. The topological polar surface area (TPSA) is 126 Å². The number of ether oxygens (including phenoxy) is 1. The molecule has 3 rings (SSSR count). The van der Waals surface area contributed by atoms with Crippen molar-refractivity contribution in [1.82, 2.24) is 0 Å². The molecule has 0 fully saturated rings. The molecule has 0 aliphatic carbocycles. The molecule has 3 aromatic rings. The highest BCUT2D eigenvalue weighted by Crippen LogP contribution is 2.38. The summed E-state index contributed by atoms with van der Waals surface area (Å²) < 4.78 is 33.5. The van der Waals surface area contributed by atoms with Gasteiger partial charge >= 0.3 is 6.03 Å². The number of para-hydroxylation sites is 2. The van der Waals surface area contributed by atoms with Gasteiger partial charge in [0.1, 0.15) is 5.75 Å². The lowest BCUT2D eigenvalue weighted by atomic mass is 10.1. The maximum atomic E-state index is 12.9. The number of amides is 2. The Hall–Kier alpha value is -4.03. The number of hydrogen-bond donors (Lipinski definition) is 2. The van der Waals surface area contributed by atoms with Gasteiger partial charge in [-0.3, -0.25) is 9.62 Å². The van der Waals surface area contributed by atoms with Crippen LogP contribution < -0.4 is 20.1 Å². The highest BCUT2D eigenvalue weighted by molar-refractivity contribution is 7.92. The first-order chi connectivity index (χ1) is 14.4. The van der Waals surface area contributed by atoms with Crippen LogP contribution in [0.5, 0.6) is 5.75 Å². The molecule has 0 saturated carbocycles. The molecule has 0 unspecified atom stereocenters. The highest BCUT2D eigenvalue weighted by Gasteiger charge is 2.24. The van der Waals surface area contributed by atoms with E-state index in [-0.39, 0.29) is 21.8 Å². The second-order valence-electron chi connectivity index (χ2n) is 6.11. The van der Waals surface area contributed by atoms with Gasteiger partial charge in [0.25, 0.3) is 10.0 Å². The summed E-state index contributed by atoms with van der Waals surface area (Å²) in [6, 6.07) is 19.7. The van der Waals surface area contributed by atoms with Crippen LogP contribution in [0.25, 0.3) is 0 Å². The second kappa shape index (κ2) is 8.55. The Morgan fingerprint density at radius 2 is 1.70 bits per heavy atom. The number of urea groups is 1. The fraction of sp³-hybridized carbons (Fsp3) is 0.0476. The molecule has 0 saturated heterocycles. The summed E-state index contributed by atoms with van der Waals surface area (Å²) in [4.78, 5) is 13.5. The molecule has 0 radical (unpaired) electrons. The number of carbonyl (C=O) groups is 1. The van der Waals surface area contributed by atoms with Gasteiger partial charge in [0, 0.05) is 0 Å². The standard InChI is InChI=1S/C21H18N4O4S/c1-29-20-10-6-5-9-19(20)25(21(23)26)18-12-11-15(14-22)13-17(18)24-30(27,28)16-7-3-2-4-8-16/h2-13,24H,1H3,(H2,23,26). The van der Waals surface area contributed by atoms with Crippen LogP contribution in [0.15, 0.2) is 77.7 Å². The number of nitrogens with two attached hydrogens (primary N) is 1. The summed E-state index contributed by atoms with van der Waals surface area (Å²) in [7, 11) is -2.55. The fourth-order valence-electron chi connectivity index (χ4n) is 2.87. The molecule has 0 aliphatic heterocycles. The summed E-state index contributed by atoms with van der Waals surface area (Å²) in [5, 5.41) is 9.26. The van der Waals surface area contributed by atoms with E-state index in [9.17, 15) is 18.5 Å². The minimum Gasteiger partial charge on any atom is -0.495 e. The molecule has 152 valence electrons. The van der Waals surface area contributed by atoms with Crippen molar-refractivity contribution in [3.63, 3.8) is 0 Å². The van der Waals surface area contributed by atoms with E-state index in [0.29, 0.717) is 11.4 Å². The van der Waals surface area contributed by atoms with E-state index in [2.05, 4.69) is 4.72 Å². The van der Waals surface area contributed by atoms with Gasteiger partial charge in [-0.1, -0.05) is 30.3 Å². The molecule has 3 N–H and O–H groups in total. The minimum atomic E-state index is -3.99. The van der Waals surface area contributed by atoms with Gasteiger partial charge in [0.05, 0.1) is 40.7 Å². The lowest BCUT2D eigenvalue weighted by Crippen LogP contribution is -2.32. The number of nitrogens with zero attached hydrogens (tertiary/aromatic N) is 2. The van der Waals surface area contributed by atoms with Crippen molar-refractivity contribution in [3.8, 4) is 11.8 Å². The van der Waals surface area contributed by atoms with Crippen molar-refractivity contribution in [2.75, 3.05) is 16.7 Å². The molecule has 0 aliphatic rings. The molecule has 0 atom stereocenters. The third-order valence-electron chi connectivity index (χ3n) is 4.21. The smallest absolute Gasteiger partial charge is 0.324 e. The highest BCUT2D eigenvalue weighted by atomic mass is 32.2. The van der Waals surface area contributed by atoms with Gasteiger partial charge < -0.3 is 10.5 Å². The van der Waals surface area contributed by atoms with E-state index in [1.807, 2.05) is 6.07 Å². The number of primary amides is 1. The van der Waals surface area contributed by atoms with Crippen molar-refractivity contribution in [2.24, 2.45) is 5.73 Å². The molecule has 0 spiro atoms. The Balaban J connectivity index is 2.17. The average molecular weight is 422 g/mol. The summed E-state index contributed by atoms with van der Waals surface area (Å²) in [5.74, 6) is 0.359. The van der Waals surface area contributed by atoms with Crippen LogP contribution in [0.3, 0.4) is 0 Å². The zero-order valence-corrected chi connectivity index (χ0v) is 16.8. The lowest BCUT2D eigenvalue weighted by Gasteiger charge is -2.25. The monoisotopic (exact) mass is 422 g/mol. The Morgan fingerprint density at radius 1 is 1.03 bits per heavy atom. The Morgan fingerprint density at radius 3 is 2.33 bits per heavy atom. The number of sulfonamides is 1. The Kier molecular flexibility index (Phi) is 5.90. The van der Waals surface area contributed by atoms with Crippen molar-refractivity contribution >= 4 is 33.1 Å². The zero-order chi connectivity index (χ0) is 21.7. The average Bonchev–Trinajstić information content (AvgIpc) is 2.75. The Labute approximate surface area is 174 Å². The summed E-state index contributed by atoms with van der Waals surface area (Å²) in [5.41, 5.74) is 6.31.